The third-order valence-electron chi connectivity index (χ3n) is 4.18. The topological polar surface area (TPSA) is 59.4 Å². The minimum Gasteiger partial charge on any atom is -0.366 e. The number of aromatic nitrogens is 2. The number of fused-ring (bicyclic) bond motifs is 1. The molecule has 6 heteroatoms. The molecular weight excluding hydrogens is 256 g/mol. The van der Waals surface area contributed by atoms with E-state index in [2.05, 4.69) is 19.8 Å². The van der Waals surface area contributed by atoms with Crippen molar-refractivity contribution in [1.29, 1.82) is 0 Å². The van der Waals surface area contributed by atoms with E-state index >= 15 is 0 Å². The van der Waals surface area contributed by atoms with E-state index in [0.717, 1.165) is 38.3 Å². The summed E-state index contributed by atoms with van der Waals surface area (Å²) in [6, 6.07) is 0. The molecule has 6 nitrogen and oxygen atoms in total. The molecule has 3 heterocycles. The SMILES string of the molecule is CN1CCO[C@H](C(=O)NC[C@@H]2CCn3ccnc3C2)C1. The Morgan fingerprint density at radius 1 is 1.55 bits per heavy atom. The number of hydrogen-bond acceptors (Lipinski definition) is 4. The Labute approximate surface area is 119 Å². The number of carbonyl (C=O) groups excluding carboxylic acids is 1. The van der Waals surface area contributed by atoms with Gasteiger partial charge in [-0.15, -0.1) is 0 Å². The Morgan fingerprint density at radius 2 is 2.45 bits per heavy atom. The van der Waals surface area contributed by atoms with Gasteiger partial charge in [0.25, 0.3) is 0 Å². The number of rotatable bonds is 3. The second-order valence-electron chi connectivity index (χ2n) is 5.76. The molecule has 0 unspecified atom stereocenters. The third kappa shape index (κ3) is 3.02. The maximum Gasteiger partial charge on any atom is 0.250 e. The van der Waals surface area contributed by atoms with Gasteiger partial charge >= 0.3 is 0 Å². The van der Waals surface area contributed by atoms with Crippen molar-refractivity contribution >= 4 is 5.91 Å². The molecule has 20 heavy (non-hydrogen) atoms. The van der Waals surface area contributed by atoms with E-state index in [9.17, 15) is 4.79 Å². The zero-order valence-electron chi connectivity index (χ0n) is 11.9. The van der Waals surface area contributed by atoms with Crippen LogP contribution in [0.15, 0.2) is 12.4 Å². The van der Waals surface area contributed by atoms with Gasteiger partial charge in [-0.05, 0) is 19.4 Å². The van der Waals surface area contributed by atoms with Crippen LogP contribution in [0.4, 0.5) is 0 Å². The van der Waals surface area contributed by atoms with Crippen molar-refractivity contribution in [3.8, 4) is 0 Å². The smallest absolute Gasteiger partial charge is 0.250 e. The monoisotopic (exact) mass is 278 g/mol. The second-order valence-corrected chi connectivity index (χ2v) is 5.76. The van der Waals surface area contributed by atoms with E-state index in [0.29, 0.717) is 19.1 Å². The summed E-state index contributed by atoms with van der Waals surface area (Å²) in [5.41, 5.74) is 0. The van der Waals surface area contributed by atoms with Gasteiger partial charge in [-0.3, -0.25) is 4.79 Å². The van der Waals surface area contributed by atoms with Crippen LogP contribution >= 0.6 is 0 Å². The van der Waals surface area contributed by atoms with Gasteiger partial charge in [0.1, 0.15) is 11.9 Å². The number of morpholine rings is 1. The van der Waals surface area contributed by atoms with E-state index < -0.39 is 0 Å². The number of amides is 1. The van der Waals surface area contributed by atoms with E-state index in [1.165, 1.54) is 0 Å². The number of nitrogens with zero attached hydrogens (tertiary/aromatic N) is 3. The lowest BCUT2D eigenvalue weighted by atomic mass is 9.98. The standard InChI is InChI=1S/C14H22N4O2/c1-17-6-7-20-12(10-17)14(19)16-9-11-2-4-18-5-3-15-13(18)8-11/h3,5,11-12H,2,4,6-10H2,1H3,(H,16,19)/t11-,12+/m1/s1. The van der Waals surface area contributed by atoms with Crippen molar-refractivity contribution < 1.29 is 9.53 Å². The van der Waals surface area contributed by atoms with Crippen LogP contribution in [-0.4, -0.2) is 59.8 Å². The number of carbonyl (C=O) groups is 1. The van der Waals surface area contributed by atoms with Crippen LogP contribution in [0.2, 0.25) is 0 Å². The van der Waals surface area contributed by atoms with Gasteiger partial charge in [0.2, 0.25) is 5.91 Å². The Morgan fingerprint density at radius 3 is 3.30 bits per heavy atom. The van der Waals surface area contributed by atoms with Gasteiger partial charge in [-0.1, -0.05) is 0 Å². The first-order valence-electron chi connectivity index (χ1n) is 7.30. The molecule has 110 valence electrons. The van der Waals surface area contributed by atoms with Crippen LogP contribution < -0.4 is 5.32 Å². The van der Waals surface area contributed by atoms with E-state index in [-0.39, 0.29) is 12.0 Å². The molecular formula is C14H22N4O2. The largest absolute Gasteiger partial charge is 0.366 e. The van der Waals surface area contributed by atoms with Crippen LogP contribution in [0.5, 0.6) is 0 Å². The van der Waals surface area contributed by atoms with Gasteiger partial charge in [0.15, 0.2) is 0 Å². The highest BCUT2D eigenvalue weighted by atomic mass is 16.5. The van der Waals surface area contributed by atoms with Crippen molar-refractivity contribution in [3.05, 3.63) is 18.2 Å². The zero-order valence-corrected chi connectivity index (χ0v) is 11.9. The number of hydrogen-bond donors (Lipinski definition) is 1. The van der Waals surface area contributed by atoms with Crippen molar-refractivity contribution in [3.63, 3.8) is 0 Å². The van der Waals surface area contributed by atoms with Crippen molar-refractivity contribution in [2.24, 2.45) is 5.92 Å². The first-order chi connectivity index (χ1) is 9.72. The summed E-state index contributed by atoms with van der Waals surface area (Å²) >= 11 is 0. The fourth-order valence-corrected chi connectivity index (χ4v) is 2.88. The molecule has 0 aromatic carbocycles. The van der Waals surface area contributed by atoms with Crippen molar-refractivity contribution in [2.75, 3.05) is 33.3 Å². The molecule has 2 aliphatic rings. The average Bonchev–Trinajstić information content (AvgIpc) is 2.92. The fraction of sp³-hybridized carbons (Fsp3) is 0.714. The summed E-state index contributed by atoms with van der Waals surface area (Å²) in [6.07, 6.45) is 5.59. The number of aryl methyl sites for hydroxylation is 1. The van der Waals surface area contributed by atoms with Gasteiger partial charge in [-0.25, -0.2) is 4.98 Å². The second kappa shape index (κ2) is 5.93. The summed E-state index contributed by atoms with van der Waals surface area (Å²) in [5.74, 6) is 1.63. The molecule has 1 N–H and O–H groups in total. The molecule has 0 spiro atoms. The lowest BCUT2D eigenvalue weighted by Crippen LogP contribution is -2.49. The van der Waals surface area contributed by atoms with E-state index in [4.69, 9.17) is 4.74 Å². The molecule has 0 aliphatic carbocycles. The number of nitrogens with one attached hydrogen (secondary N) is 1. The zero-order chi connectivity index (χ0) is 13.9. The quantitative estimate of drug-likeness (QED) is 0.838. The van der Waals surface area contributed by atoms with Crippen LogP contribution in [0, 0.1) is 5.92 Å². The molecule has 1 aromatic heterocycles. The Balaban J connectivity index is 1.47. The lowest BCUT2D eigenvalue weighted by Gasteiger charge is -2.30. The van der Waals surface area contributed by atoms with E-state index in [1.807, 2.05) is 19.4 Å². The van der Waals surface area contributed by atoms with Crippen LogP contribution in [0.3, 0.4) is 0 Å². The molecule has 1 fully saturated rings. The molecule has 1 amide bonds. The van der Waals surface area contributed by atoms with Crippen LogP contribution in [0.1, 0.15) is 12.2 Å². The Bertz CT molecular complexity index is 473. The number of imidazole rings is 1. The van der Waals surface area contributed by atoms with Crippen LogP contribution in [-0.2, 0) is 22.5 Å². The molecule has 1 saturated heterocycles. The predicted molar refractivity (Wildman–Crippen MR) is 74.3 cm³/mol. The predicted octanol–water partition coefficient (Wildman–Crippen LogP) is -0.108. The maximum absolute atomic E-state index is 12.1. The summed E-state index contributed by atoms with van der Waals surface area (Å²) in [7, 11) is 2.02. The van der Waals surface area contributed by atoms with Gasteiger partial charge in [0, 0.05) is 45.0 Å². The summed E-state index contributed by atoms with van der Waals surface area (Å²) in [5, 5.41) is 3.04. The fourth-order valence-electron chi connectivity index (χ4n) is 2.88. The highest BCUT2D eigenvalue weighted by Crippen LogP contribution is 2.18. The Kier molecular flexibility index (Phi) is 4.03. The Hall–Kier alpha value is -1.40. The first-order valence-corrected chi connectivity index (χ1v) is 7.30. The highest BCUT2D eigenvalue weighted by molar-refractivity contribution is 5.81. The molecule has 0 radical (unpaired) electrons. The van der Waals surface area contributed by atoms with Crippen molar-refractivity contribution in [2.45, 2.75) is 25.5 Å². The first kappa shape index (κ1) is 13.6. The molecule has 0 saturated carbocycles. The summed E-state index contributed by atoms with van der Waals surface area (Å²) < 4.78 is 7.72. The maximum atomic E-state index is 12.1. The van der Waals surface area contributed by atoms with Crippen molar-refractivity contribution in [1.82, 2.24) is 19.8 Å². The molecule has 3 rings (SSSR count). The number of likely N-dealkylation sites (N-methyl/N-ethyl adjacent to an activating group) is 1. The van der Waals surface area contributed by atoms with Gasteiger partial charge in [0.05, 0.1) is 6.61 Å². The average molecular weight is 278 g/mol. The van der Waals surface area contributed by atoms with Crippen LogP contribution in [0.25, 0.3) is 0 Å². The normalized spacial score (nSPS) is 27.1. The van der Waals surface area contributed by atoms with E-state index in [1.54, 1.807) is 0 Å². The lowest BCUT2D eigenvalue weighted by molar-refractivity contribution is -0.138. The summed E-state index contributed by atoms with van der Waals surface area (Å²) in [6.45, 7) is 3.93. The highest BCUT2D eigenvalue weighted by Gasteiger charge is 2.26. The minimum atomic E-state index is -0.320. The molecule has 1 aromatic rings. The van der Waals surface area contributed by atoms with Gasteiger partial charge < -0.3 is 19.5 Å². The van der Waals surface area contributed by atoms with Gasteiger partial charge in [-0.2, -0.15) is 0 Å². The molecule has 2 atom stereocenters. The summed E-state index contributed by atoms with van der Waals surface area (Å²) in [4.78, 5) is 18.6. The third-order valence-corrected chi connectivity index (χ3v) is 4.18. The molecule has 2 aliphatic heterocycles. The minimum absolute atomic E-state index is 0.0189. The molecule has 0 bridgehead atoms. The number of ether oxygens (including phenoxy) is 1.